The first-order valence-electron chi connectivity index (χ1n) is 8.82. The van der Waals surface area contributed by atoms with Gasteiger partial charge in [-0.3, -0.25) is 9.59 Å². The van der Waals surface area contributed by atoms with Gasteiger partial charge in [0, 0.05) is 25.2 Å². The second kappa shape index (κ2) is 7.34. The predicted molar refractivity (Wildman–Crippen MR) is 92.0 cm³/mol. The highest BCUT2D eigenvalue weighted by molar-refractivity contribution is 5.99. The fraction of sp³-hybridized carbons (Fsp3) is 0.579. The smallest absolute Gasteiger partial charge is 0.254 e. The lowest BCUT2D eigenvalue weighted by Gasteiger charge is -2.39. The minimum absolute atomic E-state index is 0.0116. The van der Waals surface area contributed by atoms with Gasteiger partial charge in [0.1, 0.15) is 6.04 Å². The molecule has 1 atom stereocenters. The Morgan fingerprint density at radius 3 is 2.58 bits per heavy atom. The highest BCUT2D eigenvalue weighted by atomic mass is 16.5. The summed E-state index contributed by atoms with van der Waals surface area (Å²) in [6.07, 6.45) is 2.72. The number of amides is 2. The van der Waals surface area contributed by atoms with E-state index in [0.29, 0.717) is 32.8 Å². The quantitative estimate of drug-likeness (QED) is 0.835. The zero-order valence-corrected chi connectivity index (χ0v) is 14.6. The summed E-state index contributed by atoms with van der Waals surface area (Å²) < 4.78 is 5.34. The molecule has 1 aromatic rings. The number of aryl methyl sites for hydroxylation is 2. The van der Waals surface area contributed by atoms with E-state index >= 15 is 0 Å². The molecule has 0 aliphatic carbocycles. The maximum Gasteiger partial charge on any atom is 0.254 e. The first kappa shape index (κ1) is 17.0. The van der Waals surface area contributed by atoms with Crippen LogP contribution in [0.1, 0.15) is 40.7 Å². The minimum atomic E-state index is -0.329. The molecule has 5 nitrogen and oxygen atoms in total. The molecular weight excluding hydrogens is 304 g/mol. The van der Waals surface area contributed by atoms with E-state index in [-0.39, 0.29) is 17.9 Å². The maximum absolute atomic E-state index is 13.1. The first-order valence-corrected chi connectivity index (χ1v) is 8.82. The van der Waals surface area contributed by atoms with E-state index in [1.54, 1.807) is 4.90 Å². The number of carbonyl (C=O) groups is 2. The lowest BCUT2D eigenvalue weighted by Crippen LogP contribution is -2.55. The molecule has 0 bridgehead atoms. The van der Waals surface area contributed by atoms with E-state index in [2.05, 4.69) is 0 Å². The molecule has 2 heterocycles. The second-order valence-corrected chi connectivity index (χ2v) is 6.77. The third kappa shape index (κ3) is 3.46. The molecule has 3 rings (SSSR count). The Labute approximate surface area is 143 Å². The average Bonchev–Trinajstić information content (AvgIpc) is 2.63. The van der Waals surface area contributed by atoms with Crippen LogP contribution in [0.2, 0.25) is 0 Å². The van der Waals surface area contributed by atoms with Crippen LogP contribution >= 0.6 is 0 Å². The molecule has 1 aromatic carbocycles. The zero-order valence-electron chi connectivity index (χ0n) is 14.6. The van der Waals surface area contributed by atoms with Crippen LogP contribution in [0.5, 0.6) is 0 Å². The largest absolute Gasteiger partial charge is 0.378 e. The molecule has 0 N–H and O–H groups in total. The summed E-state index contributed by atoms with van der Waals surface area (Å²) in [6.45, 7) is 7.03. The molecule has 2 saturated heterocycles. The number of rotatable bonds is 2. The van der Waals surface area contributed by atoms with Crippen LogP contribution in [0, 0.1) is 13.8 Å². The van der Waals surface area contributed by atoms with Gasteiger partial charge in [-0.2, -0.15) is 0 Å². The summed E-state index contributed by atoms with van der Waals surface area (Å²) in [5, 5.41) is 0. The first-order chi connectivity index (χ1) is 11.6. The van der Waals surface area contributed by atoms with Crippen LogP contribution in [-0.4, -0.2) is 60.5 Å². The number of ether oxygens (including phenoxy) is 1. The van der Waals surface area contributed by atoms with Crippen molar-refractivity contribution >= 4 is 11.8 Å². The van der Waals surface area contributed by atoms with Crippen molar-refractivity contribution in [3.8, 4) is 0 Å². The van der Waals surface area contributed by atoms with Gasteiger partial charge in [0.25, 0.3) is 5.91 Å². The molecule has 0 aromatic heterocycles. The number of nitrogens with zero attached hydrogens (tertiary/aromatic N) is 2. The van der Waals surface area contributed by atoms with Crippen molar-refractivity contribution < 1.29 is 14.3 Å². The van der Waals surface area contributed by atoms with Gasteiger partial charge in [-0.1, -0.05) is 17.7 Å². The Morgan fingerprint density at radius 2 is 1.83 bits per heavy atom. The Bertz CT molecular complexity index is 623. The average molecular weight is 330 g/mol. The van der Waals surface area contributed by atoms with Crippen LogP contribution in [0.3, 0.4) is 0 Å². The van der Waals surface area contributed by atoms with Crippen molar-refractivity contribution in [3.05, 3.63) is 34.9 Å². The van der Waals surface area contributed by atoms with Crippen molar-refractivity contribution in [2.45, 2.75) is 39.2 Å². The van der Waals surface area contributed by atoms with E-state index in [9.17, 15) is 9.59 Å². The summed E-state index contributed by atoms with van der Waals surface area (Å²) in [6, 6.07) is 5.59. The molecule has 24 heavy (non-hydrogen) atoms. The molecule has 2 aliphatic heterocycles. The molecule has 5 heteroatoms. The molecule has 2 amide bonds. The minimum Gasteiger partial charge on any atom is -0.378 e. The normalized spacial score (nSPS) is 21.7. The number of likely N-dealkylation sites (tertiary alicyclic amines) is 1. The molecular formula is C19H26N2O3. The van der Waals surface area contributed by atoms with Crippen molar-refractivity contribution in [1.29, 1.82) is 0 Å². The van der Waals surface area contributed by atoms with Gasteiger partial charge in [-0.05, 0) is 44.7 Å². The van der Waals surface area contributed by atoms with E-state index < -0.39 is 0 Å². The van der Waals surface area contributed by atoms with Gasteiger partial charge in [0.2, 0.25) is 5.91 Å². The van der Waals surface area contributed by atoms with Crippen LogP contribution < -0.4 is 0 Å². The predicted octanol–water partition coefficient (Wildman–Crippen LogP) is 2.16. The van der Waals surface area contributed by atoms with Crippen molar-refractivity contribution in [1.82, 2.24) is 9.80 Å². The van der Waals surface area contributed by atoms with Crippen LogP contribution in [0.15, 0.2) is 18.2 Å². The van der Waals surface area contributed by atoms with Gasteiger partial charge in [0.15, 0.2) is 0 Å². The summed E-state index contributed by atoms with van der Waals surface area (Å²) in [5.41, 5.74) is 2.75. The Hall–Kier alpha value is -1.88. The highest BCUT2D eigenvalue weighted by Gasteiger charge is 2.35. The monoisotopic (exact) mass is 330 g/mol. The van der Waals surface area contributed by atoms with E-state index in [1.807, 2.05) is 36.9 Å². The number of piperidine rings is 1. The van der Waals surface area contributed by atoms with Gasteiger partial charge in [-0.15, -0.1) is 0 Å². The second-order valence-electron chi connectivity index (χ2n) is 6.77. The highest BCUT2D eigenvalue weighted by Crippen LogP contribution is 2.23. The van der Waals surface area contributed by atoms with Crippen molar-refractivity contribution in [3.63, 3.8) is 0 Å². The summed E-state index contributed by atoms with van der Waals surface area (Å²) >= 11 is 0. The van der Waals surface area contributed by atoms with Gasteiger partial charge in [0.05, 0.1) is 13.2 Å². The Morgan fingerprint density at radius 1 is 1.08 bits per heavy atom. The fourth-order valence-electron chi connectivity index (χ4n) is 3.55. The fourth-order valence-corrected chi connectivity index (χ4v) is 3.55. The lowest BCUT2D eigenvalue weighted by atomic mass is 9.97. The van der Waals surface area contributed by atoms with Crippen LogP contribution in [0.25, 0.3) is 0 Å². The molecule has 0 spiro atoms. The van der Waals surface area contributed by atoms with Crippen molar-refractivity contribution in [2.75, 3.05) is 32.8 Å². The number of morpholine rings is 1. The summed E-state index contributed by atoms with van der Waals surface area (Å²) in [5.74, 6) is 0.0687. The number of hydrogen-bond donors (Lipinski definition) is 0. The number of benzene rings is 1. The van der Waals surface area contributed by atoms with Gasteiger partial charge >= 0.3 is 0 Å². The van der Waals surface area contributed by atoms with Gasteiger partial charge in [-0.25, -0.2) is 0 Å². The van der Waals surface area contributed by atoms with E-state index in [1.165, 1.54) is 0 Å². The standard InChI is InChI=1S/C19H26N2O3/c1-14-6-7-15(2)16(13-14)18(22)21-8-4-3-5-17(21)19(23)20-9-11-24-12-10-20/h6-7,13,17H,3-5,8-12H2,1-2H3/t17-/m0/s1. The van der Waals surface area contributed by atoms with Gasteiger partial charge < -0.3 is 14.5 Å². The molecule has 0 unspecified atom stereocenters. The van der Waals surface area contributed by atoms with Crippen molar-refractivity contribution in [2.24, 2.45) is 0 Å². The van der Waals surface area contributed by atoms with Crippen LogP contribution in [0.4, 0.5) is 0 Å². The third-order valence-electron chi connectivity index (χ3n) is 4.99. The Balaban J connectivity index is 1.82. The SMILES string of the molecule is Cc1ccc(C)c(C(=O)N2CCCC[C@H]2C(=O)N2CCOCC2)c1. The third-order valence-corrected chi connectivity index (χ3v) is 4.99. The molecule has 130 valence electrons. The van der Waals surface area contributed by atoms with Crippen LogP contribution in [-0.2, 0) is 9.53 Å². The molecule has 0 radical (unpaired) electrons. The Kier molecular flexibility index (Phi) is 5.19. The molecule has 2 aliphatic rings. The number of hydrogen-bond acceptors (Lipinski definition) is 3. The van der Waals surface area contributed by atoms with E-state index in [4.69, 9.17) is 4.74 Å². The zero-order chi connectivity index (χ0) is 17.1. The molecule has 2 fully saturated rings. The molecule has 0 saturated carbocycles. The maximum atomic E-state index is 13.1. The lowest BCUT2D eigenvalue weighted by molar-refractivity contribution is -0.141. The summed E-state index contributed by atoms with van der Waals surface area (Å²) in [7, 11) is 0. The van der Waals surface area contributed by atoms with E-state index in [0.717, 1.165) is 36.0 Å². The number of carbonyl (C=O) groups excluding carboxylic acids is 2. The topological polar surface area (TPSA) is 49.9 Å². The summed E-state index contributed by atoms with van der Waals surface area (Å²) in [4.78, 5) is 29.7.